The van der Waals surface area contributed by atoms with Crippen molar-refractivity contribution >= 4 is 45.6 Å². The van der Waals surface area contributed by atoms with Gasteiger partial charge in [0, 0.05) is 12.2 Å². The van der Waals surface area contributed by atoms with E-state index in [2.05, 4.69) is 15.0 Å². The van der Waals surface area contributed by atoms with Crippen LogP contribution in [-0.4, -0.2) is 20.9 Å². The molecule has 130 valence electrons. The van der Waals surface area contributed by atoms with E-state index in [0.717, 1.165) is 11.3 Å². The van der Waals surface area contributed by atoms with Crippen molar-refractivity contribution in [2.24, 2.45) is 10.7 Å². The molecule has 0 atom stereocenters. The van der Waals surface area contributed by atoms with Crippen LogP contribution in [0.1, 0.15) is 12.5 Å². The van der Waals surface area contributed by atoms with Crippen molar-refractivity contribution in [3.05, 3.63) is 60.2 Å². The van der Waals surface area contributed by atoms with Crippen molar-refractivity contribution in [1.29, 1.82) is 0 Å². The number of nitrogens with one attached hydrogen (secondary N) is 2. The number of hydrogen-bond acceptors (Lipinski definition) is 3. The highest BCUT2D eigenvalue weighted by atomic mass is 127. The smallest absolute Gasteiger partial charge is 0.240 e. The van der Waals surface area contributed by atoms with Gasteiger partial charge in [-0.3, -0.25) is 0 Å². The van der Waals surface area contributed by atoms with Crippen molar-refractivity contribution < 1.29 is 8.42 Å². The zero-order chi connectivity index (χ0) is 16.7. The Morgan fingerprint density at radius 1 is 1.08 bits per heavy atom. The molecule has 0 heterocycles. The fourth-order valence-corrected chi connectivity index (χ4v) is 2.97. The third-order valence-corrected chi connectivity index (χ3v) is 4.61. The van der Waals surface area contributed by atoms with E-state index in [4.69, 9.17) is 5.73 Å². The zero-order valence-electron chi connectivity index (χ0n) is 13.3. The molecule has 0 radical (unpaired) electrons. The van der Waals surface area contributed by atoms with Gasteiger partial charge in [0.1, 0.15) is 0 Å². The molecule has 2 rings (SSSR count). The largest absolute Gasteiger partial charge is 0.370 e. The molecule has 0 saturated carbocycles. The molecule has 2 aromatic carbocycles. The molecule has 6 nitrogen and oxygen atoms in total. The highest BCUT2D eigenvalue weighted by Crippen LogP contribution is 2.11. The number of anilines is 1. The summed E-state index contributed by atoms with van der Waals surface area (Å²) >= 11 is 0. The second kappa shape index (κ2) is 9.60. The third-order valence-electron chi connectivity index (χ3n) is 3.05. The van der Waals surface area contributed by atoms with E-state index in [1.54, 1.807) is 31.2 Å². The number of halogens is 1. The van der Waals surface area contributed by atoms with Crippen LogP contribution in [0.3, 0.4) is 0 Å². The normalized spacial score (nSPS) is 11.6. The number of hydrogen-bond donors (Lipinski definition) is 3. The van der Waals surface area contributed by atoms with E-state index >= 15 is 0 Å². The van der Waals surface area contributed by atoms with E-state index in [1.165, 1.54) is 0 Å². The highest BCUT2D eigenvalue weighted by molar-refractivity contribution is 14.0. The lowest BCUT2D eigenvalue weighted by molar-refractivity contribution is 0.584. The topological polar surface area (TPSA) is 96.6 Å². The van der Waals surface area contributed by atoms with Crippen LogP contribution in [0, 0.1) is 0 Å². The highest BCUT2D eigenvalue weighted by Gasteiger charge is 2.11. The summed E-state index contributed by atoms with van der Waals surface area (Å²) in [5, 5.41) is 2.99. The number of aliphatic imine (C=N–C) groups is 1. The van der Waals surface area contributed by atoms with Crippen molar-refractivity contribution in [2.75, 3.05) is 11.9 Å². The molecule has 0 saturated heterocycles. The number of para-hydroxylation sites is 1. The summed E-state index contributed by atoms with van der Waals surface area (Å²) in [5.74, 6) is 0.306. The predicted octanol–water partition coefficient (Wildman–Crippen LogP) is 2.53. The number of nitrogens with zero attached hydrogens (tertiary/aromatic N) is 1. The Balaban J connectivity index is 0.00000288. The first-order chi connectivity index (χ1) is 11.0. The minimum Gasteiger partial charge on any atom is -0.370 e. The van der Waals surface area contributed by atoms with Gasteiger partial charge < -0.3 is 11.1 Å². The monoisotopic (exact) mass is 460 g/mol. The summed E-state index contributed by atoms with van der Waals surface area (Å²) in [5.41, 5.74) is 7.56. The summed E-state index contributed by atoms with van der Waals surface area (Å²) in [6.45, 7) is 2.46. The Bertz CT molecular complexity index is 762. The Morgan fingerprint density at radius 2 is 1.71 bits per heavy atom. The summed E-state index contributed by atoms with van der Waals surface area (Å²) in [6.07, 6.45) is 0. The predicted molar refractivity (Wildman–Crippen MR) is 108 cm³/mol. The van der Waals surface area contributed by atoms with Gasteiger partial charge in [-0.2, -0.15) is 0 Å². The van der Waals surface area contributed by atoms with Crippen molar-refractivity contribution in [2.45, 2.75) is 18.4 Å². The lowest BCUT2D eigenvalue weighted by atomic mass is 10.2. The summed E-state index contributed by atoms with van der Waals surface area (Å²) < 4.78 is 26.1. The zero-order valence-corrected chi connectivity index (χ0v) is 16.4. The molecule has 0 amide bonds. The van der Waals surface area contributed by atoms with Crippen LogP contribution in [0.25, 0.3) is 0 Å². The SMILES string of the molecule is CCNS(=O)(=O)c1ccc(CN=C(N)Nc2ccccc2)cc1.I. The molecule has 2 aromatic rings. The van der Waals surface area contributed by atoms with Gasteiger partial charge in [0.25, 0.3) is 0 Å². The fourth-order valence-electron chi connectivity index (χ4n) is 1.93. The first-order valence-corrected chi connectivity index (χ1v) is 8.70. The molecule has 24 heavy (non-hydrogen) atoms. The minimum absolute atomic E-state index is 0. The molecule has 0 aromatic heterocycles. The maximum Gasteiger partial charge on any atom is 0.240 e. The second-order valence-corrected chi connectivity index (χ2v) is 6.60. The summed E-state index contributed by atoms with van der Waals surface area (Å²) in [4.78, 5) is 4.47. The van der Waals surface area contributed by atoms with Gasteiger partial charge in [-0.1, -0.05) is 37.3 Å². The quantitative estimate of drug-likeness (QED) is 0.351. The van der Waals surface area contributed by atoms with Crippen LogP contribution in [0.2, 0.25) is 0 Å². The standard InChI is InChI=1S/C16H20N4O2S.HI/c1-2-19-23(21,22)15-10-8-13(9-11-15)12-18-16(17)20-14-6-4-3-5-7-14;/h3-11,19H,2,12H2,1H3,(H3,17,18,20);1H. The molecule has 0 aliphatic heterocycles. The van der Waals surface area contributed by atoms with Crippen LogP contribution >= 0.6 is 24.0 Å². The van der Waals surface area contributed by atoms with E-state index in [9.17, 15) is 8.42 Å². The number of guanidine groups is 1. The van der Waals surface area contributed by atoms with Crippen LogP contribution in [0.15, 0.2) is 64.5 Å². The van der Waals surface area contributed by atoms with E-state index in [-0.39, 0.29) is 28.9 Å². The average Bonchev–Trinajstić information content (AvgIpc) is 2.54. The van der Waals surface area contributed by atoms with Crippen molar-refractivity contribution in [3.8, 4) is 0 Å². The first-order valence-electron chi connectivity index (χ1n) is 7.22. The van der Waals surface area contributed by atoms with Gasteiger partial charge in [-0.05, 0) is 29.8 Å². The average molecular weight is 460 g/mol. The number of benzene rings is 2. The van der Waals surface area contributed by atoms with Crippen LogP contribution in [-0.2, 0) is 16.6 Å². The molecular formula is C16H21IN4O2S. The molecular weight excluding hydrogens is 439 g/mol. The molecule has 0 fully saturated rings. The van der Waals surface area contributed by atoms with E-state index in [0.29, 0.717) is 19.0 Å². The van der Waals surface area contributed by atoms with Gasteiger partial charge in [0.15, 0.2) is 5.96 Å². The van der Waals surface area contributed by atoms with E-state index in [1.807, 2.05) is 30.3 Å². The van der Waals surface area contributed by atoms with Crippen LogP contribution in [0.5, 0.6) is 0 Å². The number of nitrogens with two attached hydrogens (primary N) is 1. The molecule has 0 unspecified atom stereocenters. The Morgan fingerprint density at radius 3 is 2.29 bits per heavy atom. The van der Waals surface area contributed by atoms with Gasteiger partial charge in [-0.25, -0.2) is 18.1 Å². The molecule has 0 bridgehead atoms. The van der Waals surface area contributed by atoms with Gasteiger partial charge in [0.2, 0.25) is 10.0 Å². The summed E-state index contributed by atoms with van der Waals surface area (Å²) in [7, 11) is -3.42. The molecule has 0 spiro atoms. The minimum atomic E-state index is -3.42. The fraction of sp³-hybridized carbons (Fsp3) is 0.188. The number of rotatable bonds is 6. The van der Waals surface area contributed by atoms with Gasteiger partial charge >= 0.3 is 0 Å². The Labute approximate surface area is 159 Å². The number of sulfonamides is 1. The van der Waals surface area contributed by atoms with Crippen molar-refractivity contribution in [3.63, 3.8) is 0 Å². The van der Waals surface area contributed by atoms with Gasteiger partial charge in [-0.15, -0.1) is 24.0 Å². The lowest BCUT2D eigenvalue weighted by Gasteiger charge is -2.06. The third kappa shape index (κ3) is 6.10. The maximum atomic E-state index is 11.8. The molecule has 0 aliphatic carbocycles. The molecule has 8 heteroatoms. The van der Waals surface area contributed by atoms with Crippen molar-refractivity contribution in [1.82, 2.24) is 4.72 Å². The first kappa shape index (κ1) is 20.4. The van der Waals surface area contributed by atoms with Gasteiger partial charge in [0.05, 0.1) is 11.4 Å². The Kier molecular flexibility index (Phi) is 8.16. The van der Waals surface area contributed by atoms with Crippen LogP contribution < -0.4 is 15.8 Å². The Hall–Kier alpha value is -1.65. The maximum absolute atomic E-state index is 11.8. The second-order valence-electron chi connectivity index (χ2n) is 4.84. The lowest BCUT2D eigenvalue weighted by Crippen LogP contribution is -2.23. The molecule has 0 aliphatic rings. The summed E-state index contributed by atoms with van der Waals surface area (Å²) in [6, 6.07) is 16.1. The molecule has 4 N–H and O–H groups in total. The van der Waals surface area contributed by atoms with E-state index < -0.39 is 10.0 Å². The van der Waals surface area contributed by atoms with Crippen LogP contribution in [0.4, 0.5) is 5.69 Å².